The Hall–Kier alpha value is -2.49. The number of aromatic nitrogens is 1. The summed E-state index contributed by atoms with van der Waals surface area (Å²) in [5.74, 6) is -0.173. The molecule has 1 saturated heterocycles. The SMILES string of the molecule is CON(C)S(=O)(=O)c1cccc(C(=O)N2CCN(c3cc[nH+]cc3)CC2)c1. The van der Waals surface area contributed by atoms with E-state index in [9.17, 15) is 13.2 Å². The molecular formula is C18H23N4O4S+. The van der Waals surface area contributed by atoms with Crippen LogP contribution in [0.25, 0.3) is 0 Å². The Balaban J connectivity index is 1.71. The number of H-pyrrole nitrogens is 1. The minimum Gasteiger partial charge on any atom is -0.368 e. The molecule has 0 bridgehead atoms. The number of aromatic amines is 1. The highest BCUT2D eigenvalue weighted by molar-refractivity contribution is 7.89. The topological polar surface area (TPSA) is 84.3 Å². The van der Waals surface area contributed by atoms with Crippen LogP contribution in [0.15, 0.2) is 53.7 Å². The van der Waals surface area contributed by atoms with Gasteiger partial charge < -0.3 is 9.80 Å². The molecule has 9 heteroatoms. The predicted molar refractivity (Wildman–Crippen MR) is 99.5 cm³/mol. The molecule has 1 aromatic carbocycles. The lowest BCUT2D eigenvalue weighted by molar-refractivity contribution is -0.377. The van der Waals surface area contributed by atoms with Gasteiger partial charge in [0, 0.05) is 56.6 Å². The summed E-state index contributed by atoms with van der Waals surface area (Å²) < 4.78 is 25.5. The molecule has 1 amide bonds. The van der Waals surface area contributed by atoms with Crippen LogP contribution in [0.3, 0.4) is 0 Å². The summed E-state index contributed by atoms with van der Waals surface area (Å²) in [7, 11) is -1.21. The van der Waals surface area contributed by atoms with Crippen LogP contribution in [0.4, 0.5) is 5.69 Å². The molecule has 2 heterocycles. The molecule has 2 aromatic rings. The number of carbonyl (C=O) groups excluding carboxylic acids is 1. The van der Waals surface area contributed by atoms with Crippen LogP contribution in [-0.4, -0.2) is 64.0 Å². The Bertz CT molecular complexity index is 897. The molecule has 27 heavy (non-hydrogen) atoms. The molecular weight excluding hydrogens is 368 g/mol. The molecule has 0 saturated carbocycles. The van der Waals surface area contributed by atoms with Crippen molar-refractivity contribution in [3.8, 4) is 0 Å². The van der Waals surface area contributed by atoms with Crippen LogP contribution >= 0.6 is 0 Å². The zero-order valence-corrected chi connectivity index (χ0v) is 16.1. The van der Waals surface area contributed by atoms with Gasteiger partial charge in [0.1, 0.15) is 0 Å². The van der Waals surface area contributed by atoms with Crippen LogP contribution in [0.2, 0.25) is 0 Å². The van der Waals surface area contributed by atoms with E-state index in [1.807, 2.05) is 24.5 Å². The summed E-state index contributed by atoms with van der Waals surface area (Å²) in [5, 5.41) is 0. The number of hydrogen-bond donors (Lipinski definition) is 0. The van der Waals surface area contributed by atoms with Gasteiger partial charge in [0.05, 0.1) is 12.0 Å². The van der Waals surface area contributed by atoms with E-state index in [0.29, 0.717) is 18.7 Å². The number of carbonyl (C=O) groups is 1. The van der Waals surface area contributed by atoms with Crippen molar-refractivity contribution in [2.75, 3.05) is 45.2 Å². The quantitative estimate of drug-likeness (QED) is 0.699. The third-order valence-corrected chi connectivity index (χ3v) is 6.28. The smallest absolute Gasteiger partial charge is 0.264 e. The van der Waals surface area contributed by atoms with E-state index in [0.717, 1.165) is 23.2 Å². The maximum absolute atomic E-state index is 12.8. The number of nitrogens with zero attached hydrogens (tertiary/aromatic N) is 3. The highest BCUT2D eigenvalue weighted by atomic mass is 32.2. The van der Waals surface area contributed by atoms with Gasteiger partial charge in [0.25, 0.3) is 15.9 Å². The number of hydrogen-bond acceptors (Lipinski definition) is 5. The van der Waals surface area contributed by atoms with Crippen LogP contribution in [0, 0.1) is 0 Å². The van der Waals surface area contributed by atoms with E-state index in [4.69, 9.17) is 4.84 Å². The average Bonchev–Trinajstić information content (AvgIpc) is 2.73. The van der Waals surface area contributed by atoms with Crippen LogP contribution in [0.1, 0.15) is 10.4 Å². The molecule has 8 nitrogen and oxygen atoms in total. The lowest BCUT2D eigenvalue weighted by Gasteiger charge is -2.35. The minimum absolute atomic E-state index is 0.0249. The van der Waals surface area contributed by atoms with Crippen LogP contribution < -0.4 is 9.88 Å². The van der Waals surface area contributed by atoms with Gasteiger partial charge >= 0.3 is 0 Å². The Morgan fingerprint density at radius 3 is 2.41 bits per heavy atom. The van der Waals surface area contributed by atoms with Gasteiger partial charge in [-0.1, -0.05) is 10.5 Å². The summed E-state index contributed by atoms with van der Waals surface area (Å²) in [5.41, 5.74) is 1.46. The van der Waals surface area contributed by atoms with Gasteiger partial charge in [-0.15, -0.1) is 0 Å². The highest BCUT2D eigenvalue weighted by Gasteiger charge is 2.25. The first kappa shape index (κ1) is 19.3. The first-order valence-electron chi connectivity index (χ1n) is 8.57. The number of anilines is 1. The van der Waals surface area contributed by atoms with Crippen molar-refractivity contribution < 1.29 is 23.0 Å². The first-order chi connectivity index (χ1) is 12.9. The molecule has 0 aliphatic carbocycles. The lowest BCUT2D eigenvalue weighted by Crippen LogP contribution is -2.48. The fraction of sp³-hybridized carbons (Fsp3) is 0.333. The molecule has 1 aliphatic heterocycles. The van der Waals surface area contributed by atoms with Crippen molar-refractivity contribution in [2.24, 2.45) is 0 Å². The third-order valence-electron chi connectivity index (χ3n) is 4.61. The highest BCUT2D eigenvalue weighted by Crippen LogP contribution is 2.19. The maximum Gasteiger partial charge on any atom is 0.264 e. The van der Waals surface area contributed by atoms with E-state index >= 15 is 0 Å². The summed E-state index contributed by atoms with van der Waals surface area (Å²) in [6.45, 7) is 2.60. The fourth-order valence-electron chi connectivity index (χ4n) is 2.98. The molecule has 3 rings (SSSR count). The Kier molecular flexibility index (Phi) is 5.73. The molecule has 1 fully saturated rings. The largest absolute Gasteiger partial charge is 0.368 e. The second-order valence-corrected chi connectivity index (χ2v) is 8.10. The normalized spacial score (nSPS) is 15.2. The van der Waals surface area contributed by atoms with E-state index in [-0.39, 0.29) is 10.8 Å². The standard InChI is InChI=1S/C18H22N4O4S/c1-20(26-2)27(24,25)17-5-3-4-15(14-17)18(23)22-12-10-21(11-13-22)16-6-8-19-9-7-16/h3-9,14H,10-13H2,1-2H3/p+1. The van der Waals surface area contributed by atoms with Crippen molar-refractivity contribution in [1.29, 1.82) is 0 Å². The minimum atomic E-state index is -3.79. The summed E-state index contributed by atoms with van der Waals surface area (Å²) in [4.78, 5) is 24.6. The van der Waals surface area contributed by atoms with Crippen LogP contribution in [-0.2, 0) is 14.9 Å². The van der Waals surface area contributed by atoms with Crippen molar-refractivity contribution >= 4 is 21.6 Å². The molecule has 0 spiro atoms. The number of hydroxylamine groups is 1. The molecule has 0 atom stereocenters. The Morgan fingerprint density at radius 2 is 1.78 bits per heavy atom. The van der Waals surface area contributed by atoms with Crippen molar-refractivity contribution in [3.63, 3.8) is 0 Å². The van der Waals surface area contributed by atoms with Gasteiger partial charge in [-0.05, 0) is 18.2 Å². The lowest BCUT2D eigenvalue weighted by atomic mass is 10.1. The van der Waals surface area contributed by atoms with E-state index in [2.05, 4.69) is 9.88 Å². The van der Waals surface area contributed by atoms with E-state index in [1.165, 1.54) is 26.3 Å². The molecule has 1 aliphatic rings. The summed E-state index contributed by atoms with van der Waals surface area (Å²) in [6.07, 6.45) is 3.74. The average molecular weight is 391 g/mol. The number of benzene rings is 1. The van der Waals surface area contributed by atoms with Gasteiger partial charge in [0.2, 0.25) is 0 Å². The number of rotatable bonds is 5. The number of sulfonamides is 1. The van der Waals surface area contributed by atoms with E-state index < -0.39 is 10.0 Å². The van der Waals surface area contributed by atoms with Gasteiger partial charge in [-0.2, -0.15) is 0 Å². The number of nitrogens with one attached hydrogen (secondary N) is 1. The van der Waals surface area contributed by atoms with Gasteiger partial charge in [-0.3, -0.25) is 9.63 Å². The third kappa shape index (κ3) is 4.10. The summed E-state index contributed by atoms with van der Waals surface area (Å²) >= 11 is 0. The molecule has 0 unspecified atom stereocenters. The molecule has 1 N–H and O–H groups in total. The first-order valence-corrected chi connectivity index (χ1v) is 10.0. The van der Waals surface area contributed by atoms with Gasteiger partial charge in [-0.25, -0.2) is 13.4 Å². The number of amides is 1. The second-order valence-electron chi connectivity index (χ2n) is 6.16. The Morgan fingerprint density at radius 1 is 1.11 bits per heavy atom. The van der Waals surface area contributed by atoms with E-state index in [1.54, 1.807) is 17.0 Å². The molecule has 144 valence electrons. The second kappa shape index (κ2) is 8.03. The summed E-state index contributed by atoms with van der Waals surface area (Å²) in [6, 6.07) is 10.0. The van der Waals surface area contributed by atoms with Crippen molar-refractivity contribution in [1.82, 2.24) is 9.37 Å². The molecule has 0 radical (unpaired) electrons. The Labute approximate surface area is 159 Å². The molecule has 1 aromatic heterocycles. The monoisotopic (exact) mass is 391 g/mol. The predicted octanol–water partition coefficient (Wildman–Crippen LogP) is 0.645. The zero-order valence-electron chi connectivity index (χ0n) is 15.3. The fourth-order valence-corrected chi connectivity index (χ4v) is 3.99. The van der Waals surface area contributed by atoms with Crippen molar-refractivity contribution in [2.45, 2.75) is 4.90 Å². The number of piperazine rings is 1. The van der Waals surface area contributed by atoms with Gasteiger partial charge in [0.15, 0.2) is 12.4 Å². The maximum atomic E-state index is 12.8. The zero-order chi connectivity index (χ0) is 19.4. The van der Waals surface area contributed by atoms with Crippen LogP contribution in [0.5, 0.6) is 0 Å². The number of pyridine rings is 1. The van der Waals surface area contributed by atoms with Crippen molar-refractivity contribution in [3.05, 3.63) is 54.4 Å².